The summed E-state index contributed by atoms with van der Waals surface area (Å²) in [4.78, 5) is 17.1. The molecule has 3 fully saturated rings. The molecule has 0 aromatic heterocycles. The van der Waals surface area contributed by atoms with E-state index >= 15 is 0 Å². The summed E-state index contributed by atoms with van der Waals surface area (Å²) in [5.74, 6) is -2.28. The minimum Gasteiger partial charge on any atom is -0.369 e. The zero-order valence-corrected chi connectivity index (χ0v) is 18.6. The van der Waals surface area contributed by atoms with Gasteiger partial charge in [0.1, 0.15) is 0 Å². The van der Waals surface area contributed by atoms with Crippen LogP contribution in [0.4, 0.5) is 20.2 Å². The molecule has 0 spiro atoms. The first-order valence-electron chi connectivity index (χ1n) is 9.48. The second-order valence-electron chi connectivity index (χ2n) is 7.76. The average molecular weight is 474 g/mol. The number of carbonyl (C=O) groups is 1. The number of rotatable bonds is 5. The molecule has 1 aliphatic carbocycles. The van der Waals surface area contributed by atoms with Gasteiger partial charge in [-0.15, -0.1) is 37.2 Å². The Morgan fingerprint density at radius 2 is 1.83 bits per heavy atom. The summed E-state index contributed by atoms with van der Waals surface area (Å²) in [5, 5.41) is 5.36. The van der Waals surface area contributed by atoms with Gasteiger partial charge >= 0.3 is 0 Å². The number of anilines is 2. The molecule has 4 rings (SSSR count). The predicted octanol–water partition coefficient (Wildman–Crippen LogP) is 3.42. The van der Waals surface area contributed by atoms with Gasteiger partial charge in [-0.2, -0.15) is 0 Å². The second-order valence-corrected chi connectivity index (χ2v) is 7.76. The van der Waals surface area contributed by atoms with Crippen molar-refractivity contribution < 1.29 is 13.6 Å². The van der Waals surface area contributed by atoms with Gasteiger partial charge in [0.2, 0.25) is 5.91 Å². The highest BCUT2D eigenvalue weighted by Gasteiger charge is 2.42. The summed E-state index contributed by atoms with van der Waals surface area (Å²) in [7, 11) is 0. The van der Waals surface area contributed by atoms with E-state index in [1.807, 2.05) is 18.2 Å². The van der Waals surface area contributed by atoms with Crippen LogP contribution in [0.1, 0.15) is 19.3 Å². The summed E-state index contributed by atoms with van der Waals surface area (Å²) in [6, 6.07) is 6.84. The Labute approximate surface area is 189 Å². The number of hydrogen-bond donors (Lipinski definition) is 2. The number of carbonyl (C=O) groups excluding carboxylic acids is 1. The van der Waals surface area contributed by atoms with Gasteiger partial charge in [-0.1, -0.05) is 6.07 Å². The van der Waals surface area contributed by atoms with Crippen molar-refractivity contribution in [1.29, 1.82) is 0 Å². The first kappa shape index (κ1) is 26.2. The smallest absolute Gasteiger partial charge is 0.262 e. The molecule has 166 valence electrons. The lowest BCUT2D eigenvalue weighted by Gasteiger charge is -2.36. The van der Waals surface area contributed by atoms with E-state index in [9.17, 15) is 13.6 Å². The molecule has 2 saturated heterocycles. The summed E-state index contributed by atoms with van der Waals surface area (Å²) in [6.07, 6.45) is 2.31. The number of alkyl halides is 2. The molecular weight excluding hydrogens is 445 g/mol. The Morgan fingerprint density at radius 1 is 1.14 bits per heavy atom. The van der Waals surface area contributed by atoms with Crippen molar-refractivity contribution in [3.8, 4) is 0 Å². The van der Waals surface area contributed by atoms with E-state index in [1.165, 1.54) is 19.4 Å². The molecule has 29 heavy (non-hydrogen) atoms. The molecular formula is C19H29Cl3F2N4O. The first-order chi connectivity index (χ1) is 12.5. The molecule has 0 bridgehead atoms. The van der Waals surface area contributed by atoms with Crippen molar-refractivity contribution in [2.75, 3.05) is 49.5 Å². The number of piperazine rings is 1. The third-order valence-electron chi connectivity index (χ3n) is 5.49. The van der Waals surface area contributed by atoms with Gasteiger partial charge in [0.25, 0.3) is 5.92 Å². The lowest BCUT2D eigenvalue weighted by Crippen LogP contribution is -2.47. The van der Waals surface area contributed by atoms with E-state index in [2.05, 4.69) is 20.4 Å². The van der Waals surface area contributed by atoms with Gasteiger partial charge in [0, 0.05) is 50.5 Å². The monoisotopic (exact) mass is 472 g/mol. The van der Waals surface area contributed by atoms with E-state index in [-0.39, 0.29) is 37.2 Å². The third-order valence-corrected chi connectivity index (χ3v) is 5.49. The Bertz CT molecular complexity index is 671. The number of amides is 1. The van der Waals surface area contributed by atoms with Crippen LogP contribution in [0.2, 0.25) is 0 Å². The summed E-state index contributed by atoms with van der Waals surface area (Å²) >= 11 is 0. The van der Waals surface area contributed by atoms with Crippen molar-refractivity contribution in [2.24, 2.45) is 5.92 Å². The van der Waals surface area contributed by atoms with Crippen molar-refractivity contribution >= 4 is 54.5 Å². The molecule has 10 heteroatoms. The van der Waals surface area contributed by atoms with Crippen molar-refractivity contribution in [3.05, 3.63) is 24.3 Å². The maximum absolute atomic E-state index is 13.3. The van der Waals surface area contributed by atoms with Crippen molar-refractivity contribution in [3.63, 3.8) is 0 Å². The zero-order chi connectivity index (χ0) is 18.1. The Balaban J connectivity index is 0.00000140. The standard InChI is InChI=1S/C19H26F2N4O.3ClH/c20-19(21)11-17(22-13-19)18(26)23-15-2-1-3-16(10-15)25-8-6-24(7-9-25)12-14-4-5-14;;;/h1-3,10,14,17,22H,4-9,11-13H2,(H,23,26);3*1H. The normalized spacial score (nSPS) is 23.4. The van der Waals surface area contributed by atoms with Gasteiger partial charge in [-0.05, 0) is 37.0 Å². The van der Waals surface area contributed by atoms with Crippen LogP contribution >= 0.6 is 37.2 Å². The molecule has 1 saturated carbocycles. The highest BCUT2D eigenvalue weighted by molar-refractivity contribution is 5.95. The maximum Gasteiger partial charge on any atom is 0.262 e. The Morgan fingerprint density at radius 3 is 2.41 bits per heavy atom. The molecule has 2 aliphatic heterocycles. The molecule has 1 aromatic rings. The zero-order valence-electron chi connectivity index (χ0n) is 16.1. The Hall–Kier alpha value is -0.860. The number of benzene rings is 1. The molecule has 1 amide bonds. The molecule has 3 aliphatic rings. The fourth-order valence-electron chi connectivity index (χ4n) is 3.76. The number of halogens is 5. The fourth-order valence-corrected chi connectivity index (χ4v) is 3.76. The number of nitrogens with zero attached hydrogens (tertiary/aromatic N) is 2. The molecule has 2 N–H and O–H groups in total. The third kappa shape index (κ3) is 7.10. The minimum atomic E-state index is -2.80. The lowest BCUT2D eigenvalue weighted by molar-refractivity contribution is -0.118. The van der Waals surface area contributed by atoms with Gasteiger partial charge in [-0.25, -0.2) is 8.78 Å². The van der Waals surface area contributed by atoms with E-state index in [0.717, 1.165) is 37.8 Å². The summed E-state index contributed by atoms with van der Waals surface area (Å²) in [6.45, 7) is 4.86. The largest absolute Gasteiger partial charge is 0.369 e. The Kier molecular flexibility index (Phi) is 9.89. The van der Waals surface area contributed by atoms with Crippen LogP contribution in [0.5, 0.6) is 0 Å². The van der Waals surface area contributed by atoms with Gasteiger partial charge in [0.15, 0.2) is 0 Å². The predicted molar refractivity (Wildman–Crippen MR) is 120 cm³/mol. The maximum atomic E-state index is 13.3. The van der Waals surface area contributed by atoms with Crippen LogP contribution in [0, 0.1) is 5.92 Å². The second kappa shape index (κ2) is 11.0. The number of hydrogen-bond acceptors (Lipinski definition) is 4. The molecule has 1 atom stereocenters. The topological polar surface area (TPSA) is 47.6 Å². The van der Waals surface area contributed by atoms with E-state index < -0.39 is 30.8 Å². The van der Waals surface area contributed by atoms with Crippen LogP contribution in [-0.2, 0) is 4.79 Å². The van der Waals surface area contributed by atoms with Gasteiger partial charge in [-0.3, -0.25) is 15.0 Å². The fraction of sp³-hybridized carbons (Fsp3) is 0.632. The van der Waals surface area contributed by atoms with Gasteiger partial charge < -0.3 is 10.2 Å². The van der Waals surface area contributed by atoms with Gasteiger partial charge in [0.05, 0.1) is 12.6 Å². The molecule has 0 radical (unpaired) electrons. The highest BCUT2D eigenvalue weighted by atomic mass is 35.5. The highest BCUT2D eigenvalue weighted by Crippen LogP contribution is 2.30. The summed E-state index contributed by atoms with van der Waals surface area (Å²) < 4.78 is 26.5. The van der Waals surface area contributed by atoms with Crippen molar-refractivity contribution in [2.45, 2.75) is 31.2 Å². The molecule has 1 unspecified atom stereocenters. The lowest BCUT2D eigenvalue weighted by atomic mass is 10.1. The van der Waals surface area contributed by atoms with Crippen LogP contribution in [0.25, 0.3) is 0 Å². The molecule has 2 heterocycles. The van der Waals surface area contributed by atoms with E-state index in [4.69, 9.17) is 0 Å². The van der Waals surface area contributed by atoms with Crippen LogP contribution in [0.15, 0.2) is 24.3 Å². The SMILES string of the molecule is Cl.Cl.Cl.O=C(Nc1cccc(N2CCN(CC3CC3)CC2)c1)C1CC(F)(F)CN1. The van der Waals surface area contributed by atoms with E-state index in [1.54, 1.807) is 6.07 Å². The van der Waals surface area contributed by atoms with Crippen LogP contribution in [-0.4, -0.2) is 62.0 Å². The van der Waals surface area contributed by atoms with Crippen LogP contribution < -0.4 is 15.5 Å². The molecule has 1 aromatic carbocycles. The van der Waals surface area contributed by atoms with Crippen LogP contribution in [0.3, 0.4) is 0 Å². The molecule has 5 nitrogen and oxygen atoms in total. The first-order valence-corrected chi connectivity index (χ1v) is 9.48. The minimum absolute atomic E-state index is 0. The quantitative estimate of drug-likeness (QED) is 0.688. The summed E-state index contributed by atoms with van der Waals surface area (Å²) in [5.41, 5.74) is 1.73. The van der Waals surface area contributed by atoms with Crippen molar-refractivity contribution in [1.82, 2.24) is 10.2 Å². The van der Waals surface area contributed by atoms with E-state index in [0.29, 0.717) is 5.69 Å². The number of nitrogens with one attached hydrogen (secondary N) is 2. The average Bonchev–Trinajstić information content (AvgIpc) is 3.36.